The molecule has 0 unspecified atom stereocenters. The Hall–Kier alpha value is -9.05. The van der Waals surface area contributed by atoms with Crippen LogP contribution < -0.4 is 24.3 Å². The van der Waals surface area contributed by atoms with Crippen LogP contribution in [0.5, 0.6) is 40.4 Å². The van der Waals surface area contributed by atoms with Crippen LogP contribution in [0.1, 0.15) is 112 Å². The molecule has 8 aromatic rings. The fourth-order valence-electron chi connectivity index (χ4n) is 9.61. The van der Waals surface area contributed by atoms with E-state index in [1.54, 1.807) is 89.5 Å². The lowest BCUT2D eigenvalue weighted by Crippen LogP contribution is -2.33. The number of amides is 1. The molecule has 2 aliphatic rings. The molecule has 3 N–H and O–H groups in total. The third-order valence-electron chi connectivity index (χ3n) is 13.1. The lowest BCUT2D eigenvalue weighted by Gasteiger charge is -2.36. The number of nitrogens with one attached hydrogen (secondary N) is 1. The molecule has 1 spiro atoms. The van der Waals surface area contributed by atoms with Crippen LogP contribution >= 0.6 is 0 Å². The second kappa shape index (κ2) is 21.2. The Balaban J connectivity index is 0.708. The van der Waals surface area contributed by atoms with E-state index in [1.807, 2.05) is 30.3 Å². The summed E-state index contributed by atoms with van der Waals surface area (Å²) in [6.07, 6.45) is 7.42. The van der Waals surface area contributed by atoms with E-state index in [1.165, 1.54) is 32.0 Å². The Morgan fingerprint density at radius 2 is 1.36 bits per heavy atom. The third-order valence-corrected chi connectivity index (χ3v) is 13.1. The van der Waals surface area contributed by atoms with Crippen LogP contribution in [0.25, 0.3) is 16.9 Å². The average Bonchev–Trinajstić information content (AvgIpc) is 3.86. The molecule has 0 aliphatic carbocycles. The maximum Gasteiger partial charge on any atom is 0.340 e. The SMILES string of the molecule is CC(=O)Oc1ccc2c(c1)Oc1cc(OC(C)=O)ccc1C21OC(=O)c2ccc(C(=O)NCCCCCCCCOc3ccc(Cc4nc5c(Cc6ccccc6)nc(-c6ccc(O)cc6)cn5c4O)cc3F)cc21. The average molecular weight is 1010 g/mol. The monoisotopic (exact) mass is 1010 g/mol. The highest BCUT2D eigenvalue weighted by molar-refractivity contribution is 6.00. The zero-order chi connectivity index (χ0) is 52.2. The lowest BCUT2D eigenvalue weighted by atomic mass is 9.77. The summed E-state index contributed by atoms with van der Waals surface area (Å²) in [6.45, 7) is 3.31. The number of benzene rings is 6. The predicted molar refractivity (Wildman–Crippen MR) is 273 cm³/mol. The molecule has 2 aromatic heterocycles. The van der Waals surface area contributed by atoms with Gasteiger partial charge in [-0.2, -0.15) is 0 Å². The molecule has 0 bridgehead atoms. The summed E-state index contributed by atoms with van der Waals surface area (Å²) in [7, 11) is 0. The van der Waals surface area contributed by atoms with Crippen molar-refractivity contribution in [1.82, 2.24) is 19.7 Å². The minimum atomic E-state index is -1.54. The van der Waals surface area contributed by atoms with Crippen molar-refractivity contribution >= 4 is 29.5 Å². The first kappa shape index (κ1) is 49.5. The van der Waals surface area contributed by atoms with E-state index in [0.717, 1.165) is 49.7 Å². The van der Waals surface area contributed by atoms with Gasteiger partial charge in [-0.1, -0.05) is 62.1 Å². The fraction of sp³-hybridized carbons (Fsp3) is 0.220. The Morgan fingerprint density at radius 3 is 2.04 bits per heavy atom. The van der Waals surface area contributed by atoms with Gasteiger partial charge in [-0.15, -0.1) is 0 Å². The van der Waals surface area contributed by atoms with E-state index in [9.17, 15) is 29.4 Å². The minimum Gasteiger partial charge on any atom is -0.508 e. The molecule has 10 rings (SSSR count). The van der Waals surface area contributed by atoms with Crippen LogP contribution in [-0.2, 0) is 32.8 Å². The number of halogens is 1. The number of esters is 3. The molecule has 4 heterocycles. The zero-order valence-electron chi connectivity index (χ0n) is 41.1. The first-order chi connectivity index (χ1) is 36.3. The summed E-state index contributed by atoms with van der Waals surface area (Å²) in [5.74, 6) is -1.43. The van der Waals surface area contributed by atoms with E-state index < -0.39 is 29.3 Å². The molecule has 0 saturated carbocycles. The lowest BCUT2D eigenvalue weighted by molar-refractivity contribution is -0.132. The number of aromatic hydroxyl groups is 2. The van der Waals surface area contributed by atoms with Gasteiger partial charge in [0.1, 0.15) is 34.4 Å². The number of carbonyl (C=O) groups excluding carboxylic acids is 4. The van der Waals surface area contributed by atoms with Gasteiger partial charge in [-0.05, 0) is 103 Å². The first-order valence-corrected chi connectivity index (χ1v) is 24.7. The molecule has 0 saturated heterocycles. The number of hydrogen-bond acceptors (Lipinski definition) is 13. The van der Waals surface area contributed by atoms with Crippen molar-refractivity contribution in [3.8, 4) is 51.6 Å². The molecule has 0 fully saturated rings. The Kier molecular flexibility index (Phi) is 14.0. The van der Waals surface area contributed by atoms with Crippen molar-refractivity contribution in [1.29, 1.82) is 0 Å². The van der Waals surface area contributed by atoms with Gasteiger partial charge in [0.15, 0.2) is 22.8 Å². The Bertz CT molecular complexity index is 3440. The molecule has 0 atom stereocenters. The molecular formula is C59H51FN4O11. The molecule has 0 radical (unpaired) electrons. The predicted octanol–water partition coefficient (Wildman–Crippen LogP) is 10.7. The number of nitrogens with zero attached hydrogens (tertiary/aromatic N) is 3. The summed E-state index contributed by atoms with van der Waals surface area (Å²) in [5, 5.41) is 24.3. The van der Waals surface area contributed by atoms with E-state index in [4.69, 9.17) is 33.7 Å². The fourth-order valence-corrected chi connectivity index (χ4v) is 9.61. The van der Waals surface area contributed by atoms with Crippen molar-refractivity contribution in [2.75, 3.05) is 13.2 Å². The second-order valence-corrected chi connectivity index (χ2v) is 18.5. The van der Waals surface area contributed by atoms with E-state index in [2.05, 4.69) is 5.32 Å². The quantitative estimate of drug-likeness (QED) is 0.0417. The van der Waals surface area contributed by atoms with Crippen LogP contribution in [0.2, 0.25) is 0 Å². The van der Waals surface area contributed by atoms with Crippen LogP contribution in [0.15, 0.2) is 134 Å². The molecule has 75 heavy (non-hydrogen) atoms. The summed E-state index contributed by atoms with van der Waals surface area (Å²) in [5.41, 5.74) is 4.86. The maximum absolute atomic E-state index is 15.4. The van der Waals surface area contributed by atoms with Gasteiger partial charge in [0, 0.05) is 79.4 Å². The number of rotatable bonds is 18. The number of aromatic nitrogens is 3. The Morgan fingerprint density at radius 1 is 0.693 bits per heavy atom. The van der Waals surface area contributed by atoms with Gasteiger partial charge >= 0.3 is 17.9 Å². The van der Waals surface area contributed by atoms with E-state index >= 15 is 4.39 Å². The van der Waals surface area contributed by atoms with Crippen molar-refractivity contribution in [3.05, 3.63) is 190 Å². The second-order valence-electron chi connectivity index (χ2n) is 18.5. The number of carbonyl (C=O) groups is 4. The number of hydrogen-bond donors (Lipinski definition) is 3. The molecule has 380 valence electrons. The highest BCUT2D eigenvalue weighted by Gasteiger charge is 2.54. The van der Waals surface area contributed by atoms with Gasteiger partial charge in [-0.3, -0.25) is 18.8 Å². The maximum atomic E-state index is 15.4. The molecule has 16 heteroatoms. The molecule has 1 amide bonds. The highest BCUT2D eigenvalue weighted by atomic mass is 19.1. The van der Waals surface area contributed by atoms with Crippen LogP contribution in [0.3, 0.4) is 0 Å². The summed E-state index contributed by atoms with van der Waals surface area (Å²) in [4.78, 5) is 60.4. The summed E-state index contributed by atoms with van der Waals surface area (Å²) in [6, 6.07) is 35.5. The largest absolute Gasteiger partial charge is 0.508 e. The number of ether oxygens (including phenoxy) is 5. The van der Waals surface area contributed by atoms with Gasteiger partial charge in [0.2, 0.25) is 5.88 Å². The normalized spacial score (nSPS) is 12.8. The molecule has 15 nitrogen and oxygen atoms in total. The van der Waals surface area contributed by atoms with E-state index in [-0.39, 0.29) is 58.3 Å². The first-order valence-electron chi connectivity index (χ1n) is 24.7. The smallest absolute Gasteiger partial charge is 0.340 e. The molecular weight excluding hydrogens is 960 g/mol. The number of unbranched alkanes of at least 4 members (excludes halogenated alkanes) is 5. The van der Waals surface area contributed by atoms with Crippen LogP contribution in [0, 0.1) is 5.82 Å². The topological polar surface area (TPSA) is 197 Å². The minimum absolute atomic E-state index is 0.0681. The number of phenols is 1. The van der Waals surface area contributed by atoms with Crippen molar-refractivity contribution < 1.29 is 57.5 Å². The van der Waals surface area contributed by atoms with Crippen molar-refractivity contribution in [2.45, 2.75) is 70.8 Å². The summed E-state index contributed by atoms with van der Waals surface area (Å²) >= 11 is 0. The van der Waals surface area contributed by atoms with Gasteiger partial charge in [0.05, 0.1) is 23.6 Å². The zero-order valence-corrected chi connectivity index (χ0v) is 41.1. The van der Waals surface area contributed by atoms with Crippen molar-refractivity contribution in [2.24, 2.45) is 0 Å². The van der Waals surface area contributed by atoms with Gasteiger partial charge in [0.25, 0.3) is 5.91 Å². The standard InChI is InChI=1S/C59H51FN4O11/c1-35(65)72-42-20-23-45-53(32-42)74-54-33-43(73-36(2)66)21-24-46(54)59(45)47-31-40(17-22-44(47)58(70)75-59)56(68)61-26-10-5-3-4-6-11-27-71-52-25-14-38(28-48(52)60)30-50-57(69)64-34-51(39-15-18-41(67)19-16-39)62-49(55(64)63-50)29-37-12-8-7-9-13-37/h7-9,12-25,28,31-34,67,69H,3-6,10-11,26-27,29-30H2,1-2H3,(H,61,68). The van der Waals surface area contributed by atoms with Crippen LogP contribution in [0.4, 0.5) is 4.39 Å². The third kappa shape index (κ3) is 10.4. The molecule has 6 aromatic carbocycles. The van der Waals surface area contributed by atoms with Crippen molar-refractivity contribution in [3.63, 3.8) is 0 Å². The highest BCUT2D eigenvalue weighted by Crippen LogP contribution is 2.57. The number of imidazole rings is 1. The summed E-state index contributed by atoms with van der Waals surface area (Å²) < 4.78 is 45.9. The number of fused-ring (bicyclic) bond motifs is 7. The van der Waals surface area contributed by atoms with Gasteiger partial charge < -0.3 is 39.2 Å². The van der Waals surface area contributed by atoms with Crippen LogP contribution in [-0.4, -0.2) is 61.5 Å². The number of phenolic OH excluding ortho intramolecular Hbond substituents is 1. The van der Waals surface area contributed by atoms with Gasteiger partial charge in [-0.25, -0.2) is 19.2 Å². The molecule has 2 aliphatic heterocycles. The van der Waals surface area contributed by atoms with E-state index in [0.29, 0.717) is 70.1 Å². The Labute approximate surface area is 430 Å².